The van der Waals surface area contributed by atoms with Crippen molar-refractivity contribution in [3.8, 4) is 0 Å². The number of halogens is 3. The van der Waals surface area contributed by atoms with E-state index in [1.165, 1.54) is 12.8 Å². The van der Waals surface area contributed by atoms with Gasteiger partial charge in [-0.3, -0.25) is 0 Å². The minimum absolute atomic E-state index is 0.172. The zero-order valence-corrected chi connectivity index (χ0v) is 13.3. The highest BCUT2D eigenvalue weighted by Crippen LogP contribution is 2.24. The zero-order valence-electron chi connectivity index (χ0n) is 13.3. The van der Waals surface area contributed by atoms with Crippen LogP contribution in [0.2, 0.25) is 0 Å². The fourth-order valence-corrected chi connectivity index (χ4v) is 2.15. The quantitative estimate of drug-likeness (QED) is 0.445. The van der Waals surface area contributed by atoms with E-state index < -0.39 is 12.3 Å². The van der Waals surface area contributed by atoms with Gasteiger partial charge in [0, 0.05) is 13.2 Å². The maximum absolute atomic E-state index is 12.0. The molecule has 1 unspecified atom stereocenters. The summed E-state index contributed by atoms with van der Waals surface area (Å²) in [4.78, 5) is 0. The second kappa shape index (κ2) is 13.4. The molecule has 0 spiro atoms. The van der Waals surface area contributed by atoms with Gasteiger partial charge in [0.2, 0.25) is 0 Å². The van der Waals surface area contributed by atoms with Crippen LogP contribution in [-0.2, 0) is 4.74 Å². The molecule has 128 valence electrons. The van der Waals surface area contributed by atoms with E-state index in [9.17, 15) is 13.2 Å². The lowest BCUT2D eigenvalue weighted by atomic mass is 10.1. The van der Waals surface area contributed by atoms with Crippen LogP contribution in [0.3, 0.4) is 0 Å². The first-order chi connectivity index (χ1) is 9.98. The number of aliphatic hydroxyl groups is 1. The Bertz CT molecular complexity index is 220. The van der Waals surface area contributed by atoms with E-state index in [0.29, 0.717) is 6.42 Å². The topological polar surface area (TPSA) is 29.5 Å². The molecule has 0 fully saturated rings. The predicted molar refractivity (Wildman–Crippen MR) is 79.3 cm³/mol. The van der Waals surface area contributed by atoms with Crippen molar-refractivity contribution in [2.24, 2.45) is 0 Å². The van der Waals surface area contributed by atoms with Crippen molar-refractivity contribution < 1.29 is 23.0 Å². The molecule has 0 saturated carbocycles. The molecule has 1 N–H and O–H groups in total. The van der Waals surface area contributed by atoms with Gasteiger partial charge in [-0.05, 0) is 19.3 Å². The smallest absolute Gasteiger partial charge is 0.384 e. The molecule has 0 aliphatic heterocycles. The highest BCUT2D eigenvalue weighted by atomic mass is 19.4. The van der Waals surface area contributed by atoms with E-state index >= 15 is 0 Å². The van der Waals surface area contributed by atoms with E-state index in [-0.39, 0.29) is 6.42 Å². The van der Waals surface area contributed by atoms with Crippen LogP contribution in [0, 0.1) is 0 Å². The number of hydrogen-bond acceptors (Lipinski definition) is 2. The molecule has 21 heavy (non-hydrogen) atoms. The largest absolute Gasteiger partial charge is 0.414 e. The first-order valence-electron chi connectivity index (χ1n) is 8.31. The number of hydrogen-bond donors (Lipinski definition) is 1. The summed E-state index contributed by atoms with van der Waals surface area (Å²) in [6, 6.07) is 0. The Kier molecular flexibility index (Phi) is 13.2. The van der Waals surface area contributed by atoms with Crippen molar-refractivity contribution in [2.45, 2.75) is 89.8 Å². The lowest BCUT2D eigenvalue weighted by Crippen LogP contribution is -2.28. The Balaban J connectivity index is 3.13. The average Bonchev–Trinajstić information content (AvgIpc) is 2.42. The van der Waals surface area contributed by atoms with Crippen LogP contribution in [-0.4, -0.2) is 30.6 Å². The Morgan fingerprint density at radius 3 is 1.81 bits per heavy atom. The SMILES string of the molecule is CCCCCOCCCCCCCCCC(O)C(F)(F)F. The Morgan fingerprint density at radius 2 is 1.29 bits per heavy atom. The van der Waals surface area contributed by atoms with E-state index in [4.69, 9.17) is 9.84 Å². The average molecular weight is 312 g/mol. The number of ether oxygens (including phenoxy) is 1. The van der Waals surface area contributed by atoms with Gasteiger partial charge in [-0.1, -0.05) is 58.3 Å². The molecule has 0 saturated heterocycles. The lowest BCUT2D eigenvalue weighted by Gasteiger charge is -2.13. The van der Waals surface area contributed by atoms with Crippen LogP contribution >= 0.6 is 0 Å². The molecule has 0 amide bonds. The molecule has 0 aromatic rings. The van der Waals surface area contributed by atoms with Gasteiger partial charge in [0.05, 0.1) is 0 Å². The molecular formula is C16H31F3O2. The first kappa shape index (κ1) is 20.7. The molecule has 1 atom stereocenters. The number of unbranched alkanes of at least 4 members (excludes halogenated alkanes) is 8. The Morgan fingerprint density at radius 1 is 0.810 bits per heavy atom. The first-order valence-corrected chi connectivity index (χ1v) is 8.31. The molecule has 5 heteroatoms. The maximum atomic E-state index is 12.0. The van der Waals surface area contributed by atoms with Crippen molar-refractivity contribution >= 4 is 0 Å². The second-order valence-corrected chi connectivity index (χ2v) is 5.64. The second-order valence-electron chi connectivity index (χ2n) is 5.64. The summed E-state index contributed by atoms with van der Waals surface area (Å²) in [6.07, 6.45) is 3.31. The van der Waals surface area contributed by atoms with Crippen LogP contribution in [0.4, 0.5) is 13.2 Å². The third-order valence-corrected chi connectivity index (χ3v) is 3.54. The Hall–Kier alpha value is -0.290. The van der Waals surface area contributed by atoms with Gasteiger partial charge >= 0.3 is 6.18 Å². The molecule has 0 bridgehead atoms. The van der Waals surface area contributed by atoms with Crippen molar-refractivity contribution in [3.63, 3.8) is 0 Å². The number of alkyl halides is 3. The molecular weight excluding hydrogens is 281 g/mol. The summed E-state index contributed by atoms with van der Waals surface area (Å²) in [5, 5.41) is 8.82. The van der Waals surface area contributed by atoms with Crippen molar-refractivity contribution in [1.29, 1.82) is 0 Å². The van der Waals surface area contributed by atoms with Gasteiger partial charge in [0.25, 0.3) is 0 Å². The summed E-state index contributed by atoms with van der Waals surface area (Å²) in [6.45, 7) is 3.85. The van der Waals surface area contributed by atoms with Gasteiger partial charge in [-0.2, -0.15) is 13.2 Å². The monoisotopic (exact) mass is 312 g/mol. The van der Waals surface area contributed by atoms with E-state index in [0.717, 1.165) is 58.2 Å². The molecule has 0 aliphatic rings. The lowest BCUT2D eigenvalue weighted by molar-refractivity contribution is -0.205. The standard InChI is InChI=1S/C16H31F3O2/c1-2-3-10-13-21-14-11-8-6-4-5-7-9-12-15(20)16(17,18)19/h15,20H,2-14H2,1H3. The van der Waals surface area contributed by atoms with Gasteiger partial charge in [0.15, 0.2) is 0 Å². The van der Waals surface area contributed by atoms with Crippen LogP contribution in [0.5, 0.6) is 0 Å². The van der Waals surface area contributed by atoms with Crippen LogP contribution < -0.4 is 0 Å². The van der Waals surface area contributed by atoms with Gasteiger partial charge in [-0.25, -0.2) is 0 Å². The van der Waals surface area contributed by atoms with Gasteiger partial charge in [-0.15, -0.1) is 0 Å². The van der Waals surface area contributed by atoms with E-state index in [1.54, 1.807) is 0 Å². The minimum atomic E-state index is -4.46. The van der Waals surface area contributed by atoms with E-state index in [2.05, 4.69) is 6.92 Å². The fraction of sp³-hybridized carbons (Fsp3) is 1.00. The zero-order chi connectivity index (χ0) is 16.0. The summed E-state index contributed by atoms with van der Waals surface area (Å²) in [5.41, 5.74) is 0. The molecule has 0 radical (unpaired) electrons. The van der Waals surface area contributed by atoms with Gasteiger partial charge in [0.1, 0.15) is 6.10 Å². The van der Waals surface area contributed by atoms with E-state index in [1.807, 2.05) is 0 Å². The molecule has 0 aromatic heterocycles. The third kappa shape index (κ3) is 14.4. The van der Waals surface area contributed by atoms with Crippen LogP contribution in [0.1, 0.15) is 77.6 Å². The van der Waals surface area contributed by atoms with Crippen LogP contribution in [0.25, 0.3) is 0 Å². The molecule has 0 aromatic carbocycles. The van der Waals surface area contributed by atoms with Crippen LogP contribution in [0.15, 0.2) is 0 Å². The highest BCUT2D eigenvalue weighted by molar-refractivity contribution is 4.64. The summed E-state index contributed by atoms with van der Waals surface area (Å²) >= 11 is 0. The molecule has 0 heterocycles. The predicted octanol–water partition coefficient (Wildman–Crippen LogP) is 5.24. The minimum Gasteiger partial charge on any atom is -0.384 e. The number of aliphatic hydroxyl groups excluding tert-OH is 1. The molecule has 0 rings (SSSR count). The van der Waals surface area contributed by atoms with Crippen molar-refractivity contribution in [1.82, 2.24) is 0 Å². The normalized spacial score (nSPS) is 13.6. The summed E-state index contributed by atoms with van der Waals surface area (Å²) < 4.78 is 41.6. The fourth-order valence-electron chi connectivity index (χ4n) is 2.15. The highest BCUT2D eigenvalue weighted by Gasteiger charge is 2.37. The third-order valence-electron chi connectivity index (χ3n) is 3.54. The Labute approximate surface area is 127 Å². The molecule has 0 aliphatic carbocycles. The summed E-state index contributed by atoms with van der Waals surface area (Å²) in [7, 11) is 0. The maximum Gasteiger partial charge on any atom is 0.414 e. The summed E-state index contributed by atoms with van der Waals surface area (Å²) in [5.74, 6) is 0. The van der Waals surface area contributed by atoms with Crippen molar-refractivity contribution in [3.05, 3.63) is 0 Å². The molecule has 2 nitrogen and oxygen atoms in total. The number of rotatable bonds is 14. The van der Waals surface area contributed by atoms with Gasteiger partial charge < -0.3 is 9.84 Å². The van der Waals surface area contributed by atoms with Crippen molar-refractivity contribution in [2.75, 3.05) is 13.2 Å².